The van der Waals surface area contributed by atoms with Gasteiger partial charge in [0.2, 0.25) is 0 Å². The third kappa shape index (κ3) is 3.49. The van der Waals surface area contributed by atoms with Gasteiger partial charge in [-0.25, -0.2) is 0 Å². The SMILES string of the molecule is CCCNC(CCC1CCCO1)C1(c2ccccc2)CC1. The van der Waals surface area contributed by atoms with Crippen molar-refractivity contribution in [1.29, 1.82) is 0 Å². The summed E-state index contributed by atoms with van der Waals surface area (Å²) in [5.74, 6) is 0. The van der Waals surface area contributed by atoms with Gasteiger partial charge in [-0.1, -0.05) is 37.3 Å². The topological polar surface area (TPSA) is 21.3 Å². The van der Waals surface area contributed by atoms with E-state index in [0.717, 1.165) is 13.2 Å². The summed E-state index contributed by atoms with van der Waals surface area (Å²) in [6.07, 6.45) is 9.38. The van der Waals surface area contributed by atoms with Crippen LogP contribution in [-0.4, -0.2) is 25.3 Å². The van der Waals surface area contributed by atoms with Gasteiger partial charge in [-0.3, -0.25) is 0 Å². The molecule has 1 saturated heterocycles. The predicted molar refractivity (Wildman–Crippen MR) is 87.6 cm³/mol. The highest BCUT2D eigenvalue weighted by Crippen LogP contribution is 2.52. The lowest BCUT2D eigenvalue weighted by Gasteiger charge is -2.29. The standard InChI is InChI=1S/C19H29NO/c1-2-14-20-18(11-10-17-9-6-15-21-17)19(12-13-19)16-7-4-3-5-8-16/h3-5,7-8,17-18,20H,2,6,9-15H2,1H3. The first-order valence-electron chi connectivity index (χ1n) is 8.75. The van der Waals surface area contributed by atoms with Gasteiger partial charge in [-0.2, -0.15) is 0 Å². The Morgan fingerprint density at radius 1 is 1.29 bits per heavy atom. The Morgan fingerprint density at radius 2 is 2.10 bits per heavy atom. The van der Waals surface area contributed by atoms with Gasteiger partial charge < -0.3 is 10.1 Å². The van der Waals surface area contributed by atoms with E-state index in [2.05, 4.69) is 42.6 Å². The lowest BCUT2D eigenvalue weighted by atomic mass is 9.84. The van der Waals surface area contributed by atoms with Gasteiger partial charge in [-0.15, -0.1) is 0 Å². The van der Waals surface area contributed by atoms with Gasteiger partial charge in [-0.05, 0) is 57.1 Å². The molecule has 0 bridgehead atoms. The molecule has 2 fully saturated rings. The maximum absolute atomic E-state index is 5.82. The molecule has 2 heteroatoms. The molecule has 1 aliphatic heterocycles. The second kappa shape index (κ2) is 6.93. The molecule has 3 rings (SSSR count). The van der Waals surface area contributed by atoms with Gasteiger partial charge in [0, 0.05) is 18.1 Å². The zero-order valence-electron chi connectivity index (χ0n) is 13.3. The maximum Gasteiger partial charge on any atom is 0.0576 e. The van der Waals surface area contributed by atoms with Crippen LogP contribution in [-0.2, 0) is 10.2 Å². The Bertz CT molecular complexity index is 420. The summed E-state index contributed by atoms with van der Waals surface area (Å²) < 4.78 is 5.82. The van der Waals surface area contributed by atoms with Crippen molar-refractivity contribution in [3.8, 4) is 0 Å². The minimum atomic E-state index is 0.398. The first-order valence-corrected chi connectivity index (χ1v) is 8.75. The van der Waals surface area contributed by atoms with Crippen molar-refractivity contribution in [3.05, 3.63) is 35.9 Å². The molecule has 0 spiro atoms. The second-order valence-electron chi connectivity index (χ2n) is 6.74. The Labute approximate surface area is 129 Å². The Balaban J connectivity index is 1.66. The van der Waals surface area contributed by atoms with Crippen LogP contribution in [0.5, 0.6) is 0 Å². The van der Waals surface area contributed by atoms with Gasteiger partial charge in [0.05, 0.1) is 6.10 Å². The fraction of sp³-hybridized carbons (Fsp3) is 0.684. The molecule has 1 saturated carbocycles. The zero-order valence-corrected chi connectivity index (χ0v) is 13.3. The van der Waals surface area contributed by atoms with Crippen molar-refractivity contribution in [3.63, 3.8) is 0 Å². The van der Waals surface area contributed by atoms with E-state index in [0.29, 0.717) is 17.6 Å². The summed E-state index contributed by atoms with van der Waals surface area (Å²) in [6, 6.07) is 11.8. The normalized spacial score (nSPS) is 24.9. The summed E-state index contributed by atoms with van der Waals surface area (Å²) in [5, 5.41) is 3.84. The Morgan fingerprint density at radius 3 is 2.71 bits per heavy atom. The molecule has 2 nitrogen and oxygen atoms in total. The van der Waals surface area contributed by atoms with Crippen LogP contribution in [0.2, 0.25) is 0 Å². The molecular formula is C19H29NO. The minimum absolute atomic E-state index is 0.398. The van der Waals surface area contributed by atoms with Crippen LogP contribution in [0.3, 0.4) is 0 Å². The van der Waals surface area contributed by atoms with Crippen molar-refractivity contribution in [2.24, 2.45) is 0 Å². The second-order valence-corrected chi connectivity index (χ2v) is 6.74. The zero-order chi connectivity index (χ0) is 14.5. The highest BCUT2D eigenvalue weighted by atomic mass is 16.5. The molecule has 2 unspecified atom stereocenters. The average molecular weight is 287 g/mol. The Hall–Kier alpha value is -0.860. The number of benzene rings is 1. The number of hydrogen-bond acceptors (Lipinski definition) is 2. The number of hydrogen-bond donors (Lipinski definition) is 1. The number of rotatable bonds is 8. The fourth-order valence-electron chi connectivity index (χ4n) is 3.86. The van der Waals surface area contributed by atoms with Crippen LogP contribution >= 0.6 is 0 Å². The molecule has 116 valence electrons. The molecule has 0 aromatic heterocycles. The molecular weight excluding hydrogens is 258 g/mol. The van der Waals surface area contributed by atoms with Crippen molar-refractivity contribution >= 4 is 0 Å². The quantitative estimate of drug-likeness (QED) is 0.779. The monoisotopic (exact) mass is 287 g/mol. The van der Waals surface area contributed by atoms with E-state index in [9.17, 15) is 0 Å². The van der Waals surface area contributed by atoms with E-state index in [1.54, 1.807) is 0 Å². The van der Waals surface area contributed by atoms with Crippen molar-refractivity contribution in [1.82, 2.24) is 5.32 Å². The van der Waals surface area contributed by atoms with E-state index in [1.807, 2.05) is 0 Å². The summed E-state index contributed by atoms with van der Waals surface area (Å²) in [5.41, 5.74) is 1.93. The summed E-state index contributed by atoms with van der Waals surface area (Å²) in [6.45, 7) is 4.36. The first-order chi connectivity index (χ1) is 10.3. The third-order valence-corrected chi connectivity index (χ3v) is 5.25. The van der Waals surface area contributed by atoms with Gasteiger partial charge in [0.15, 0.2) is 0 Å². The van der Waals surface area contributed by atoms with Crippen LogP contribution < -0.4 is 5.32 Å². The highest BCUT2D eigenvalue weighted by Gasteiger charge is 2.50. The van der Waals surface area contributed by atoms with Crippen molar-refractivity contribution in [2.45, 2.75) is 69.4 Å². The van der Waals surface area contributed by atoms with Crippen molar-refractivity contribution < 1.29 is 4.74 Å². The number of nitrogens with one attached hydrogen (secondary N) is 1. The smallest absolute Gasteiger partial charge is 0.0576 e. The van der Waals surface area contributed by atoms with Gasteiger partial charge in [0.25, 0.3) is 0 Å². The highest BCUT2D eigenvalue weighted by molar-refractivity contribution is 5.33. The van der Waals surface area contributed by atoms with Crippen LogP contribution in [0.1, 0.15) is 57.4 Å². The summed E-state index contributed by atoms with van der Waals surface area (Å²) in [4.78, 5) is 0. The lowest BCUT2D eigenvalue weighted by Crippen LogP contribution is -2.41. The first kappa shape index (κ1) is 15.1. The van der Waals surface area contributed by atoms with Crippen LogP contribution in [0.15, 0.2) is 30.3 Å². The van der Waals surface area contributed by atoms with E-state index in [1.165, 1.54) is 50.5 Å². The van der Waals surface area contributed by atoms with E-state index in [4.69, 9.17) is 4.74 Å². The molecule has 1 N–H and O–H groups in total. The minimum Gasteiger partial charge on any atom is -0.378 e. The van der Waals surface area contributed by atoms with E-state index in [-0.39, 0.29) is 0 Å². The maximum atomic E-state index is 5.82. The molecule has 1 aromatic rings. The predicted octanol–water partition coefficient (Wildman–Crippen LogP) is 4.05. The van der Waals surface area contributed by atoms with Crippen LogP contribution in [0.4, 0.5) is 0 Å². The third-order valence-electron chi connectivity index (χ3n) is 5.25. The molecule has 1 aliphatic carbocycles. The Kier molecular flexibility index (Phi) is 4.97. The number of ether oxygens (including phenoxy) is 1. The average Bonchev–Trinajstić information content (AvgIpc) is 3.17. The summed E-state index contributed by atoms with van der Waals surface area (Å²) >= 11 is 0. The summed E-state index contributed by atoms with van der Waals surface area (Å²) in [7, 11) is 0. The van der Waals surface area contributed by atoms with Gasteiger partial charge >= 0.3 is 0 Å². The van der Waals surface area contributed by atoms with Crippen LogP contribution in [0.25, 0.3) is 0 Å². The molecule has 0 amide bonds. The largest absolute Gasteiger partial charge is 0.378 e. The van der Waals surface area contributed by atoms with E-state index >= 15 is 0 Å². The van der Waals surface area contributed by atoms with E-state index < -0.39 is 0 Å². The van der Waals surface area contributed by atoms with Crippen molar-refractivity contribution in [2.75, 3.05) is 13.2 Å². The molecule has 1 heterocycles. The fourth-order valence-corrected chi connectivity index (χ4v) is 3.86. The van der Waals surface area contributed by atoms with Crippen LogP contribution in [0, 0.1) is 0 Å². The lowest BCUT2D eigenvalue weighted by molar-refractivity contribution is 0.0981. The molecule has 1 aromatic carbocycles. The van der Waals surface area contributed by atoms with Gasteiger partial charge in [0.1, 0.15) is 0 Å². The molecule has 21 heavy (non-hydrogen) atoms. The molecule has 2 atom stereocenters. The molecule has 0 radical (unpaired) electrons. The molecule has 2 aliphatic rings.